The Kier molecular flexibility index (Phi) is 5.88. The van der Waals surface area contributed by atoms with Crippen molar-refractivity contribution in [2.24, 2.45) is 0 Å². The van der Waals surface area contributed by atoms with E-state index >= 15 is 0 Å². The highest BCUT2D eigenvalue weighted by Crippen LogP contribution is 2.25. The largest absolute Gasteiger partial charge is 0.457 e. The van der Waals surface area contributed by atoms with E-state index in [4.69, 9.17) is 4.74 Å². The van der Waals surface area contributed by atoms with Crippen molar-refractivity contribution >= 4 is 17.6 Å². The molecule has 1 aliphatic rings. The summed E-state index contributed by atoms with van der Waals surface area (Å²) in [5.41, 5.74) is 1.56. The van der Waals surface area contributed by atoms with Gasteiger partial charge in [0.25, 0.3) is 0 Å². The maximum atomic E-state index is 12.7. The maximum Gasteiger partial charge on any atom is 0.324 e. The van der Waals surface area contributed by atoms with Gasteiger partial charge in [0.05, 0.1) is 6.42 Å². The molecule has 2 rings (SSSR count). The number of hydrogen-bond acceptors (Lipinski definition) is 4. The predicted molar refractivity (Wildman–Crippen MR) is 99.8 cm³/mol. The van der Waals surface area contributed by atoms with Gasteiger partial charge < -0.3 is 9.64 Å². The van der Waals surface area contributed by atoms with Gasteiger partial charge in [-0.15, -0.1) is 0 Å². The summed E-state index contributed by atoms with van der Waals surface area (Å²) in [7, 11) is 1.75. The summed E-state index contributed by atoms with van der Waals surface area (Å²) in [6.45, 7) is 11.4. The molecule has 1 amide bonds. The molecule has 1 aliphatic heterocycles. The maximum absolute atomic E-state index is 12.7. The molecule has 5 heteroatoms. The van der Waals surface area contributed by atoms with Crippen molar-refractivity contribution in [3.05, 3.63) is 29.8 Å². The van der Waals surface area contributed by atoms with Crippen molar-refractivity contribution in [2.45, 2.75) is 58.6 Å². The zero-order chi connectivity index (χ0) is 18.8. The lowest BCUT2D eigenvalue weighted by Gasteiger charge is -2.42. The van der Waals surface area contributed by atoms with Crippen molar-refractivity contribution in [1.82, 2.24) is 4.90 Å². The van der Waals surface area contributed by atoms with Crippen LogP contribution in [0.1, 0.15) is 52.5 Å². The fraction of sp³-hybridized carbons (Fsp3) is 0.600. The Labute approximate surface area is 150 Å². The van der Waals surface area contributed by atoms with Crippen LogP contribution in [0.25, 0.3) is 0 Å². The van der Waals surface area contributed by atoms with E-state index in [1.165, 1.54) is 5.56 Å². The van der Waals surface area contributed by atoms with E-state index < -0.39 is 11.6 Å². The number of rotatable bonds is 5. The van der Waals surface area contributed by atoms with Gasteiger partial charge in [-0.3, -0.25) is 14.5 Å². The molecule has 0 radical (unpaired) electrons. The van der Waals surface area contributed by atoms with Gasteiger partial charge in [-0.05, 0) is 44.0 Å². The molecule has 0 aliphatic carbocycles. The normalized spacial score (nSPS) is 20.4. The number of likely N-dealkylation sites (N-methyl/N-ethyl adjacent to an activating group) is 1. The Morgan fingerprint density at radius 1 is 1.32 bits per heavy atom. The van der Waals surface area contributed by atoms with Gasteiger partial charge in [0.1, 0.15) is 11.6 Å². The minimum Gasteiger partial charge on any atom is -0.457 e. The third-order valence-corrected chi connectivity index (χ3v) is 4.77. The van der Waals surface area contributed by atoms with Crippen LogP contribution in [0, 0.1) is 0 Å². The van der Waals surface area contributed by atoms with Gasteiger partial charge in [-0.25, -0.2) is 0 Å². The van der Waals surface area contributed by atoms with Crippen LogP contribution in [0.5, 0.6) is 0 Å². The molecule has 0 spiro atoms. The lowest BCUT2D eigenvalue weighted by atomic mass is 10.0. The van der Waals surface area contributed by atoms with E-state index in [2.05, 4.69) is 13.8 Å². The van der Waals surface area contributed by atoms with Crippen molar-refractivity contribution in [2.75, 3.05) is 25.0 Å². The third-order valence-electron chi connectivity index (χ3n) is 4.77. The number of amides is 1. The Morgan fingerprint density at radius 3 is 2.44 bits per heavy atom. The minimum absolute atomic E-state index is 0.0857. The van der Waals surface area contributed by atoms with Gasteiger partial charge in [-0.2, -0.15) is 0 Å². The SMILES string of the molecule is CCN1CC(C)(C)OC(=O)C1CC(=O)N(C)c1ccc(C(C)C)cc1. The van der Waals surface area contributed by atoms with Gasteiger partial charge in [0.2, 0.25) is 5.91 Å². The third kappa shape index (κ3) is 4.60. The van der Waals surface area contributed by atoms with Gasteiger partial charge in [-0.1, -0.05) is 32.9 Å². The predicted octanol–water partition coefficient (Wildman–Crippen LogP) is 3.19. The zero-order valence-electron chi connectivity index (χ0n) is 16.2. The lowest BCUT2D eigenvalue weighted by Crippen LogP contribution is -2.57. The Hall–Kier alpha value is -1.88. The van der Waals surface area contributed by atoms with Crippen LogP contribution >= 0.6 is 0 Å². The van der Waals surface area contributed by atoms with Crippen LogP contribution in [0.2, 0.25) is 0 Å². The standard InChI is InChI=1S/C20H30N2O3/c1-7-22-13-20(4,5)25-19(24)17(22)12-18(23)21(6)16-10-8-15(9-11-16)14(2)3/h8-11,14,17H,7,12-13H2,1-6H3. The number of nitrogens with zero attached hydrogens (tertiary/aromatic N) is 2. The average Bonchev–Trinajstić information content (AvgIpc) is 2.55. The molecule has 1 fully saturated rings. The van der Waals surface area contributed by atoms with E-state index in [0.717, 1.165) is 5.69 Å². The Balaban J connectivity index is 2.08. The highest BCUT2D eigenvalue weighted by atomic mass is 16.6. The zero-order valence-corrected chi connectivity index (χ0v) is 16.2. The van der Waals surface area contributed by atoms with E-state index in [1.807, 2.05) is 49.9 Å². The summed E-state index contributed by atoms with van der Waals surface area (Å²) >= 11 is 0. The van der Waals surface area contributed by atoms with Gasteiger partial charge in [0.15, 0.2) is 0 Å². The quantitative estimate of drug-likeness (QED) is 0.768. The molecular formula is C20H30N2O3. The number of benzene rings is 1. The topological polar surface area (TPSA) is 49.9 Å². The van der Waals surface area contributed by atoms with Crippen LogP contribution in [0.4, 0.5) is 5.69 Å². The number of hydrogen-bond donors (Lipinski definition) is 0. The van der Waals surface area contributed by atoms with Crippen molar-refractivity contribution in [3.8, 4) is 0 Å². The van der Waals surface area contributed by atoms with Crippen LogP contribution < -0.4 is 4.90 Å². The highest BCUT2D eigenvalue weighted by molar-refractivity contribution is 5.96. The molecule has 5 nitrogen and oxygen atoms in total. The summed E-state index contributed by atoms with van der Waals surface area (Å²) in [6, 6.07) is 7.47. The smallest absolute Gasteiger partial charge is 0.324 e. The fourth-order valence-electron chi connectivity index (χ4n) is 3.19. The van der Waals surface area contributed by atoms with Crippen LogP contribution in [-0.2, 0) is 14.3 Å². The average molecular weight is 346 g/mol. The second kappa shape index (κ2) is 7.56. The number of cyclic esters (lactones) is 1. The molecule has 0 N–H and O–H groups in total. The molecule has 1 aromatic rings. The highest BCUT2D eigenvalue weighted by Gasteiger charge is 2.41. The first-order valence-electron chi connectivity index (χ1n) is 8.98. The molecular weight excluding hydrogens is 316 g/mol. The summed E-state index contributed by atoms with van der Waals surface area (Å²) in [5.74, 6) is 0.0564. The van der Waals surface area contributed by atoms with E-state index in [0.29, 0.717) is 19.0 Å². The molecule has 0 aromatic heterocycles. The first-order valence-corrected chi connectivity index (χ1v) is 8.98. The van der Waals surface area contributed by atoms with Crippen molar-refractivity contribution < 1.29 is 14.3 Å². The van der Waals surface area contributed by atoms with Crippen molar-refractivity contribution in [3.63, 3.8) is 0 Å². The molecule has 25 heavy (non-hydrogen) atoms. The number of morpholine rings is 1. The van der Waals surface area contributed by atoms with Gasteiger partial charge >= 0.3 is 5.97 Å². The molecule has 1 aromatic carbocycles. The van der Waals surface area contributed by atoms with E-state index in [-0.39, 0.29) is 18.3 Å². The molecule has 1 unspecified atom stereocenters. The molecule has 0 saturated carbocycles. The fourth-order valence-corrected chi connectivity index (χ4v) is 3.19. The van der Waals surface area contributed by atoms with Crippen LogP contribution in [0.3, 0.4) is 0 Å². The van der Waals surface area contributed by atoms with Crippen LogP contribution in [0.15, 0.2) is 24.3 Å². The Morgan fingerprint density at radius 2 is 1.92 bits per heavy atom. The molecule has 1 atom stereocenters. The summed E-state index contributed by atoms with van der Waals surface area (Å²) in [5, 5.41) is 0. The lowest BCUT2D eigenvalue weighted by molar-refractivity contribution is -0.178. The molecule has 0 bridgehead atoms. The second-order valence-electron chi connectivity index (χ2n) is 7.66. The Bertz CT molecular complexity index is 622. The number of anilines is 1. The van der Waals surface area contributed by atoms with Crippen molar-refractivity contribution in [1.29, 1.82) is 0 Å². The van der Waals surface area contributed by atoms with Gasteiger partial charge in [0, 0.05) is 19.3 Å². The minimum atomic E-state index is -0.511. The number of carbonyl (C=O) groups excluding carboxylic acids is 2. The first kappa shape index (κ1) is 19.4. The summed E-state index contributed by atoms with van der Waals surface area (Å²) in [6.07, 6.45) is 0.130. The summed E-state index contributed by atoms with van der Waals surface area (Å²) < 4.78 is 5.50. The van der Waals surface area contributed by atoms with Crippen LogP contribution in [-0.4, -0.2) is 48.6 Å². The summed E-state index contributed by atoms with van der Waals surface area (Å²) in [4.78, 5) is 28.7. The second-order valence-corrected chi connectivity index (χ2v) is 7.66. The number of carbonyl (C=O) groups is 2. The monoisotopic (exact) mass is 346 g/mol. The first-order chi connectivity index (χ1) is 11.6. The van der Waals surface area contributed by atoms with E-state index in [1.54, 1.807) is 11.9 Å². The number of esters is 1. The number of ether oxygens (including phenoxy) is 1. The molecule has 1 saturated heterocycles. The van der Waals surface area contributed by atoms with E-state index in [9.17, 15) is 9.59 Å². The molecule has 1 heterocycles. The molecule has 138 valence electrons.